The van der Waals surface area contributed by atoms with E-state index in [0.29, 0.717) is 12.5 Å². The molecule has 1 atom stereocenters. The van der Waals surface area contributed by atoms with Gasteiger partial charge in [0.25, 0.3) is 0 Å². The molecule has 0 heterocycles. The van der Waals surface area contributed by atoms with Gasteiger partial charge in [0, 0.05) is 19.2 Å². The minimum absolute atomic E-state index is 0.341. The number of aliphatic hydroxyl groups is 1. The fourth-order valence-electron chi connectivity index (χ4n) is 1.29. The standard InChI is InChI=1S/C9H19NO/c1-2-3-8(7-11)6-10-9-4-5-9/h8-11H,2-7H2,1H3. The Labute approximate surface area is 69.0 Å². The highest BCUT2D eigenvalue weighted by Gasteiger charge is 2.21. The Hall–Kier alpha value is -0.0800. The Morgan fingerprint density at radius 3 is 2.73 bits per heavy atom. The lowest BCUT2D eigenvalue weighted by Crippen LogP contribution is -2.26. The van der Waals surface area contributed by atoms with Crippen LogP contribution in [0.1, 0.15) is 32.6 Å². The second-order valence-electron chi connectivity index (χ2n) is 3.52. The lowest BCUT2D eigenvalue weighted by atomic mass is 10.1. The van der Waals surface area contributed by atoms with E-state index in [-0.39, 0.29) is 0 Å². The zero-order chi connectivity index (χ0) is 8.10. The smallest absolute Gasteiger partial charge is 0.0471 e. The molecule has 2 nitrogen and oxygen atoms in total. The monoisotopic (exact) mass is 157 g/mol. The van der Waals surface area contributed by atoms with Crippen LogP contribution in [-0.4, -0.2) is 24.3 Å². The lowest BCUT2D eigenvalue weighted by molar-refractivity contribution is 0.213. The predicted molar refractivity (Wildman–Crippen MR) is 46.5 cm³/mol. The van der Waals surface area contributed by atoms with Crippen LogP contribution in [-0.2, 0) is 0 Å². The number of nitrogens with one attached hydrogen (secondary N) is 1. The zero-order valence-electron chi connectivity index (χ0n) is 7.34. The quantitative estimate of drug-likeness (QED) is 0.606. The van der Waals surface area contributed by atoms with Crippen molar-refractivity contribution < 1.29 is 5.11 Å². The Morgan fingerprint density at radius 2 is 2.27 bits per heavy atom. The van der Waals surface area contributed by atoms with Crippen LogP contribution in [0.3, 0.4) is 0 Å². The number of aliphatic hydroxyl groups excluding tert-OH is 1. The molecule has 2 heteroatoms. The van der Waals surface area contributed by atoms with E-state index in [4.69, 9.17) is 5.11 Å². The summed E-state index contributed by atoms with van der Waals surface area (Å²) >= 11 is 0. The van der Waals surface area contributed by atoms with E-state index < -0.39 is 0 Å². The van der Waals surface area contributed by atoms with Gasteiger partial charge in [0.1, 0.15) is 0 Å². The molecule has 0 aliphatic heterocycles. The summed E-state index contributed by atoms with van der Waals surface area (Å²) in [6.07, 6.45) is 5.00. The van der Waals surface area contributed by atoms with Gasteiger partial charge >= 0.3 is 0 Å². The molecule has 66 valence electrons. The maximum atomic E-state index is 8.95. The van der Waals surface area contributed by atoms with Crippen molar-refractivity contribution in [2.45, 2.75) is 38.6 Å². The average molecular weight is 157 g/mol. The summed E-state index contributed by atoms with van der Waals surface area (Å²) < 4.78 is 0. The summed E-state index contributed by atoms with van der Waals surface area (Å²) in [5.74, 6) is 0.487. The Morgan fingerprint density at radius 1 is 1.55 bits per heavy atom. The minimum Gasteiger partial charge on any atom is -0.396 e. The van der Waals surface area contributed by atoms with E-state index in [1.807, 2.05) is 0 Å². The van der Waals surface area contributed by atoms with Gasteiger partial charge in [-0.3, -0.25) is 0 Å². The molecule has 1 saturated carbocycles. The summed E-state index contributed by atoms with van der Waals surface area (Å²) in [6, 6.07) is 0.779. The third-order valence-corrected chi connectivity index (χ3v) is 2.23. The molecule has 1 aliphatic carbocycles. The Bertz CT molecular complexity index is 102. The van der Waals surface area contributed by atoms with Gasteiger partial charge < -0.3 is 10.4 Å². The number of hydrogen-bond acceptors (Lipinski definition) is 2. The molecule has 11 heavy (non-hydrogen) atoms. The summed E-state index contributed by atoms with van der Waals surface area (Å²) in [5.41, 5.74) is 0. The summed E-state index contributed by atoms with van der Waals surface area (Å²) in [5, 5.41) is 12.4. The molecule has 0 amide bonds. The van der Waals surface area contributed by atoms with E-state index in [0.717, 1.165) is 19.0 Å². The van der Waals surface area contributed by atoms with Crippen LogP contribution in [0.2, 0.25) is 0 Å². The fraction of sp³-hybridized carbons (Fsp3) is 1.00. The molecule has 1 fully saturated rings. The molecule has 0 radical (unpaired) electrons. The molecule has 1 rings (SSSR count). The van der Waals surface area contributed by atoms with Crippen molar-refractivity contribution in [3.05, 3.63) is 0 Å². The maximum Gasteiger partial charge on any atom is 0.0471 e. The van der Waals surface area contributed by atoms with Gasteiger partial charge in [-0.1, -0.05) is 13.3 Å². The van der Waals surface area contributed by atoms with Crippen LogP contribution in [0.25, 0.3) is 0 Å². The van der Waals surface area contributed by atoms with Gasteiger partial charge in [0.15, 0.2) is 0 Å². The van der Waals surface area contributed by atoms with Crippen molar-refractivity contribution in [1.29, 1.82) is 0 Å². The van der Waals surface area contributed by atoms with Gasteiger partial charge in [0.2, 0.25) is 0 Å². The molecule has 1 aliphatic rings. The van der Waals surface area contributed by atoms with E-state index >= 15 is 0 Å². The van der Waals surface area contributed by atoms with Gasteiger partial charge in [-0.2, -0.15) is 0 Å². The van der Waals surface area contributed by atoms with Gasteiger partial charge in [-0.25, -0.2) is 0 Å². The molecule has 0 spiro atoms. The molecule has 1 unspecified atom stereocenters. The first-order valence-corrected chi connectivity index (χ1v) is 4.71. The Kier molecular flexibility index (Phi) is 3.87. The van der Waals surface area contributed by atoms with Crippen LogP contribution in [0, 0.1) is 5.92 Å². The molecule has 2 N–H and O–H groups in total. The molecular formula is C9H19NO. The normalized spacial score (nSPS) is 20.2. The SMILES string of the molecule is CCCC(CO)CNC1CC1. The molecule has 0 aromatic carbocycles. The van der Waals surface area contributed by atoms with Crippen LogP contribution in [0.4, 0.5) is 0 Å². The first kappa shape index (κ1) is 9.01. The maximum absolute atomic E-state index is 8.95. The fourth-order valence-corrected chi connectivity index (χ4v) is 1.29. The summed E-state index contributed by atoms with van der Waals surface area (Å²) in [7, 11) is 0. The molecule has 0 aromatic heterocycles. The number of hydrogen-bond donors (Lipinski definition) is 2. The topological polar surface area (TPSA) is 32.3 Å². The van der Waals surface area contributed by atoms with Crippen molar-refractivity contribution in [1.82, 2.24) is 5.32 Å². The summed E-state index contributed by atoms with van der Waals surface area (Å²) in [6.45, 7) is 3.52. The molecule has 0 saturated heterocycles. The highest BCUT2D eigenvalue weighted by Crippen LogP contribution is 2.19. The van der Waals surface area contributed by atoms with E-state index in [1.54, 1.807) is 0 Å². The minimum atomic E-state index is 0.341. The first-order valence-electron chi connectivity index (χ1n) is 4.71. The van der Waals surface area contributed by atoms with Crippen molar-refractivity contribution in [2.24, 2.45) is 5.92 Å². The summed E-state index contributed by atoms with van der Waals surface area (Å²) in [4.78, 5) is 0. The van der Waals surface area contributed by atoms with Crippen LogP contribution in [0.15, 0.2) is 0 Å². The van der Waals surface area contributed by atoms with E-state index in [1.165, 1.54) is 19.3 Å². The molecular weight excluding hydrogens is 138 g/mol. The van der Waals surface area contributed by atoms with Crippen molar-refractivity contribution >= 4 is 0 Å². The van der Waals surface area contributed by atoms with Crippen molar-refractivity contribution in [3.8, 4) is 0 Å². The van der Waals surface area contributed by atoms with Crippen LogP contribution >= 0.6 is 0 Å². The largest absolute Gasteiger partial charge is 0.396 e. The second kappa shape index (κ2) is 4.73. The Balaban J connectivity index is 1.98. The zero-order valence-corrected chi connectivity index (χ0v) is 7.34. The van der Waals surface area contributed by atoms with Gasteiger partial charge in [-0.15, -0.1) is 0 Å². The second-order valence-corrected chi connectivity index (χ2v) is 3.52. The van der Waals surface area contributed by atoms with Gasteiger partial charge in [-0.05, 0) is 25.2 Å². The molecule has 0 bridgehead atoms. The highest BCUT2D eigenvalue weighted by molar-refractivity contribution is 4.81. The first-order chi connectivity index (χ1) is 5.36. The van der Waals surface area contributed by atoms with E-state index in [9.17, 15) is 0 Å². The average Bonchev–Trinajstić information content (AvgIpc) is 2.81. The lowest BCUT2D eigenvalue weighted by Gasteiger charge is -2.12. The third kappa shape index (κ3) is 3.73. The molecule has 0 aromatic rings. The van der Waals surface area contributed by atoms with Crippen molar-refractivity contribution in [3.63, 3.8) is 0 Å². The predicted octanol–water partition coefficient (Wildman–Crippen LogP) is 1.15. The third-order valence-electron chi connectivity index (χ3n) is 2.23. The van der Waals surface area contributed by atoms with Gasteiger partial charge in [0.05, 0.1) is 0 Å². The van der Waals surface area contributed by atoms with Crippen LogP contribution < -0.4 is 5.32 Å². The van der Waals surface area contributed by atoms with E-state index in [2.05, 4.69) is 12.2 Å². The van der Waals surface area contributed by atoms with Crippen LogP contribution in [0.5, 0.6) is 0 Å². The van der Waals surface area contributed by atoms with Crippen molar-refractivity contribution in [2.75, 3.05) is 13.2 Å². The number of rotatable bonds is 6. The highest BCUT2D eigenvalue weighted by atomic mass is 16.3.